The molecule has 11 heteroatoms. The van der Waals surface area contributed by atoms with E-state index in [-0.39, 0.29) is 23.9 Å². The normalized spacial score (nSPS) is 16.3. The van der Waals surface area contributed by atoms with Gasteiger partial charge in [0.05, 0.1) is 17.4 Å². The molecule has 25 heavy (non-hydrogen) atoms. The molecule has 2 aromatic heterocycles. The first-order chi connectivity index (χ1) is 11.9. The van der Waals surface area contributed by atoms with E-state index in [1.807, 2.05) is 0 Å². The van der Waals surface area contributed by atoms with Crippen molar-refractivity contribution < 1.29 is 13.2 Å². The summed E-state index contributed by atoms with van der Waals surface area (Å²) >= 11 is 5.79. The summed E-state index contributed by atoms with van der Waals surface area (Å²) in [4.78, 5) is 14.1. The predicted molar refractivity (Wildman–Crippen MR) is 90.4 cm³/mol. The van der Waals surface area contributed by atoms with Crippen molar-refractivity contribution in [3.8, 4) is 0 Å². The number of piperazine rings is 1. The first kappa shape index (κ1) is 17.9. The first-order valence-corrected chi connectivity index (χ1v) is 9.62. The van der Waals surface area contributed by atoms with Gasteiger partial charge in [-0.25, -0.2) is 8.42 Å². The van der Waals surface area contributed by atoms with Gasteiger partial charge in [-0.3, -0.25) is 14.2 Å². The zero-order valence-corrected chi connectivity index (χ0v) is 15.3. The second-order valence-electron chi connectivity index (χ2n) is 5.81. The van der Waals surface area contributed by atoms with Gasteiger partial charge in [-0.15, -0.1) is 0 Å². The lowest BCUT2D eigenvalue weighted by atomic mass is 10.3. The van der Waals surface area contributed by atoms with E-state index in [0.29, 0.717) is 31.1 Å². The number of halogens is 1. The highest BCUT2D eigenvalue weighted by atomic mass is 35.5. The van der Waals surface area contributed by atoms with Gasteiger partial charge in [0, 0.05) is 58.6 Å². The molecule has 0 saturated carbocycles. The van der Waals surface area contributed by atoms with Gasteiger partial charge in [0.1, 0.15) is 4.90 Å². The topological polar surface area (TPSA) is 93.3 Å². The van der Waals surface area contributed by atoms with E-state index < -0.39 is 10.0 Å². The van der Waals surface area contributed by atoms with Crippen LogP contribution < -0.4 is 0 Å². The van der Waals surface area contributed by atoms with Crippen LogP contribution in [0.4, 0.5) is 0 Å². The zero-order chi connectivity index (χ0) is 18.0. The Balaban J connectivity index is 1.53. The third-order valence-corrected chi connectivity index (χ3v) is 6.11. The fourth-order valence-electron chi connectivity index (χ4n) is 2.69. The maximum Gasteiger partial charge on any atom is 0.246 e. The Kier molecular flexibility index (Phi) is 5.11. The largest absolute Gasteiger partial charge is 0.340 e. The summed E-state index contributed by atoms with van der Waals surface area (Å²) in [5.74, 6) is -0.0231. The van der Waals surface area contributed by atoms with Crippen molar-refractivity contribution >= 4 is 27.5 Å². The molecule has 3 rings (SSSR count). The number of carbonyl (C=O) groups excluding carboxylic acids is 1. The van der Waals surface area contributed by atoms with Crippen LogP contribution in [0.5, 0.6) is 0 Å². The molecule has 0 radical (unpaired) electrons. The van der Waals surface area contributed by atoms with Gasteiger partial charge in [0.2, 0.25) is 15.9 Å². The van der Waals surface area contributed by atoms with Crippen molar-refractivity contribution in [2.24, 2.45) is 7.05 Å². The summed E-state index contributed by atoms with van der Waals surface area (Å²) in [6.45, 7) is 1.74. The Morgan fingerprint density at radius 3 is 2.44 bits per heavy atom. The molecule has 0 atom stereocenters. The molecule has 1 fully saturated rings. The smallest absolute Gasteiger partial charge is 0.246 e. The molecule has 1 amide bonds. The van der Waals surface area contributed by atoms with Gasteiger partial charge in [-0.05, 0) is 0 Å². The minimum Gasteiger partial charge on any atom is -0.340 e. The molecule has 0 aromatic carbocycles. The van der Waals surface area contributed by atoms with E-state index in [1.165, 1.54) is 27.6 Å². The van der Waals surface area contributed by atoms with Gasteiger partial charge >= 0.3 is 0 Å². The van der Waals surface area contributed by atoms with Gasteiger partial charge in [0.15, 0.2) is 0 Å². The van der Waals surface area contributed by atoms with E-state index in [4.69, 9.17) is 11.6 Å². The maximum absolute atomic E-state index is 12.5. The van der Waals surface area contributed by atoms with Crippen molar-refractivity contribution in [3.05, 3.63) is 29.8 Å². The zero-order valence-electron chi connectivity index (χ0n) is 13.7. The Morgan fingerprint density at radius 2 is 1.88 bits per heavy atom. The highest BCUT2D eigenvalue weighted by Gasteiger charge is 2.30. The number of nitrogens with zero attached hydrogens (tertiary/aromatic N) is 6. The van der Waals surface area contributed by atoms with Crippen LogP contribution in [-0.2, 0) is 28.4 Å². The van der Waals surface area contributed by atoms with Crippen molar-refractivity contribution in [2.75, 3.05) is 26.2 Å². The summed E-state index contributed by atoms with van der Waals surface area (Å²) in [6, 6.07) is 0. The number of rotatable bonds is 5. The molecular weight excluding hydrogens is 368 g/mol. The summed E-state index contributed by atoms with van der Waals surface area (Å²) in [5, 5.41) is 8.47. The van der Waals surface area contributed by atoms with Crippen LogP contribution in [0.3, 0.4) is 0 Å². The predicted octanol–water partition coefficient (Wildman–Crippen LogP) is 0.193. The first-order valence-electron chi connectivity index (χ1n) is 7.81. The molecule has 0 unspecified atom stereocenters. The molecule has 3 heterocycles. The highest BCUT2D eigenvalue weighted by Crippen LogP contribution is 2.17. The van der Waals surface area contributed by atoms with Crippen LogP contribution in [-0.4, -0.2) is 69.3 Å². The monoisotopic (exact) mass is 386 g/mol. The van der Waals surface area contributed by atoms with Crippen LogP contribution in [0.25, 0.3) is 0 Å². The number of aryl methyl sites for hydroxylation is 2. The van der Waals surface area contributed by atoms with Gasteiger partial charge in [-0.2, -0.15) is 14.5 Å². The molecule has 0 aliphatic carbocycles. The Labute approximate surface area is 150 Å². The van der Waals surface area contributed by atoms with Crippen LogP contribution >= 0.6 is 11.6 Å². The molecule has 136 valence electrons. The second-order valence-corrected chi connectivity index (χ2v) is 8.18. The molecule has 2 aromatic rings. The van der Waals surface area contributed by atoms with Crippen molar-refractivity contribution in [1.29, 1.82) is 0 Å². The molecule has 1 aliphatic heterocycles. The fraction of sp³-hybridized carbons (Fsp3) is 0.500. The third kappa shape index (κ3) is 4.02. The van der Waals surface area contributed by atoms with E-state index in [2.05, 4.69) is 10.2 Å². The van der Waals surface area contributed by atoms with Gasteiger partial charge in [-0.1, -0.05) is 11.6 Å². The molecule has 0 bridgehead atoms. The molecule has 1 saturated heterocycles. The Bertz CT molecular complexity index is 854. The number of sulfonamides is 1. The lowest BCUT2D eigenvalue weighted by Gasteiger charge is -2.33. The standard InChI is InChI=1S/C14H19ClN6O3S/c1-18-11-13(9-16-18)25(23,24)21-6-4-19(5-7-21)14(22)2-3-20-10-12(15)8-17-20/h8-11H,2-7H2,1H3. The van der Waals surface area contributed by atoms with E-state index in [0.717, 1.165) is 0 Å². The summed E-state index contributed by atoms with van der Waals surface area (Å²) < 4.78 is 29.5. The van der Waals surface area contributed by atoms with Gasteiger partial charge in [0.25, 0.3) is 0 Å². The Hall–Kier alpha value is -1.91. The quantitative estimate of drug-likeness (QED) is 0.731. The van der Waals surface area contributed by atoms with Crippen LogP contribution in [0, 0.1) is 0 Å². The fourth-order valence-corrected chi connectivity index (χ4v) is 4.25. The second kappa shape index (κ2) is 7.14. The number of carbonyl (C=O) groups is 1. The van der Waals surface area contributed by atoms with Crippen molar-refractivity contribution in [1.82, 2.24) is 28.8 Å². The van der Waals surface area contributed by atoms with Crippen LogP contribution in [0.15, 0.2) is 29.7 Å². The molecule has 9 nitrogen and oxygen atoms in total. The highest BCUT2D eigenvalue weighted by molar-refractivity contribution is 7.89. The van der Waals surface area contributed by atoms with Crippen LogP contribution in [0.1, 0.15) is 6.42 Å². The lowest BCUT2D eigenvalue weighted by Crippen LogP contribution is -2.50. The van der Waals surface area contributed by atoms with Crippen molar-refractivity contribution in [3.63, 3.8) is 0 Å². The van der Waals surface area contributed by atoms with Crippen LogP contribution in [0.2, 0.25) is 5.02 Å². The molecule has 0 spiro atoms. The lowest BCUT2D eigenvalue weighted by molar-refractivity contribution is -0.132. The molecule has 0 N–H and O–H groups in total. The summed E-state index contributed by atoms with van der Waals surface area (Å²) in [6.07, 6.45) is 6.29. The number of amides is 1. The summed E-state index contributed by atoms with van der Waals surface area (Å²) in [7, 11) is -1.89. The molecule has 1 aliphatic rings. The number of hydrogen-bond donors (Lipinski definition) is 0. The van der Waals surface area contributed by atoms with E-state index in [1.54, 1.807) is 22.8 Å². The number of aromatic nitrogens is 4. The van der Waals surface area contributed by atoms with Gasteiger partial charge < -0.3 is 4.90 Å². The average molecular weight is 387 g/mol. The minimum atomic E-state index is -3.56. The van der Waals surface area contributed by atoms with E-state index >= 15 is 0 Å². The Morgan fingerprint density at radius 1 is 1.16 bits per heavy atom. The maximum atomic E-state index is 12.5. The van der Waals surface area contributed by atoms with Crippen molar-refractivity contribution in [2.45, 2.75) is 17.9 Å². The summed E-state index contributed by atoms with van der Waals surface area (Å²) in [5.41, 5.74) is 0. The minimum absolute atomic E-state index is 0.0231. The molecular formula is C14H19ClN6O3S. The average Bonchev–Trinajstić information content (AvgIpc) is 3.21. The SMILES string of the molecule is Cn1cc(S(=O)(=O)N2CCN(C(=O)CCn3cc(Cl)cn3)CC2)cn1. The number of hydrogen-bond acceptors (Lipinski definition) is 5. The van der Waals surface area contributed by atoms with E-state index in [9.17, 15) is 13.2 Å². The third-order valence-electron chi connectivity index (χ3n) is 4.07.